The van der Waals surface area contributed by atoms with Gasteiger partial charge >= 0.3 is 5.97 Å². The van der Waals surface area contributed by atoms with Crippen LogP contribution in [0.25, 0.3) is 0 Å². The van der Waals surface area contributed by atoms with Gasteiger partial charge in [0.2, 0.25) is 0 Å². The number of carbonyl (C=O) groups excluding carboxylic acids is 1. The van der Waals surface area contributed by atoms with Crippen LogP contribution in [-0.4, -0.2) is 18.6 Å². The average molecular weight is 263 g/mol. The lowest BCUT2D eigenvalue weighted by Crippen LogP contribution is -2.31. The third-order valence-electron chi connectivity index (χ3n) is 3.14. The molecule has 106 valence electrons. The number of para-hydroxylation sites is 1. The van der Waals surface area contributed by atoms with Crippen LogP contribution in [0.3, 0.4) is 0 Å². The van der Waals surface area contributed by atoms with Crippen molar-refractivity contribution in [2.45, 2.75) is 52.5 Å². The van der Waals surface area contributed by atoms with Crippen molar-refractivity contribution >= 4 is 11.7 Å². The first-order chi connectivity index (χ1) is 9.19. The fourth-order valence-electron chi connectivity index (χ4n) is 2.01. The minimum atomic E-state index is -0.243. The largest absolute Gasteiger partial charge is 0.464 e. The molecule has 0 aliphatic rings. The molecule has 1 atom stereocenters. The molecule has 0 fully saturated rings. The molecule has 0 amide bonds. The number of esters is 1. The molecule has 3 heteroatoms. The SMILES string of the molecule is CCCCCC(Nc1ccccc1C)C(=O)OCC. The summed E-state index contributed by atoms with van der Waals surface area (Å²) in [6.07, 6.45) is 4.16. The highest BCUT2D eigenvalue weighted by atomic mass is 16.5. The first-order valence-corrected chi connectivity index (χ1v) is 7.17. The maximum atomic E-state index is 12.0. The van der Waals surface area contributed by atoms with Crippen molar-refractivity contribution in [3.05, 3.63) is 29.8 Å². The van der Waals surface area contributed by atoms with Gasteiger partial charge in [0, 0.05) is 5.69 Å². The number of hydrogen-bond acceptors (Lipinski definition) is 3. The van der Waals surface area contributed by atoms with Crippen LogP contribution in [0.2, 0.25) is 0 Å². The predicted octanol–water partition coefficient (Wildman–Crippen LogP) is 3.92. The van der Waals surface area contributed by atoms with E-state index in [1.54, 1.807) is 0 Å². The standard InChI is InChI=1S/C16H25NO2/c1-4-6-7-12-15(16(18)19-5-2)17-14-11-9-8-10-13(14)3/h8-11,15,17H,4-7,12H2,1-3H3. The highest BCUT2D eigenvalue weighted by Crippen LogP contribution is 2.17. The van der Waals surface area contributed by atoms with Crippen LogP contribution in [-0.2, 0) is 9.53 Å². The highest BCUT2D eigenvalue weighted by molar-refractivity contribution is 5.79. The van der Waals surface area contributed by atoms with Gasteiger partial charge in [-0.05, 0) is 31.9 Å². The molecule has 0 heterocycles. The number of rotatable bonds is 8. The van der Waals surface area contributed by atoms with Gasteiger partial charge in [0.15, 0.2) is 0 Å². The summed E-state index contributed by atoms with van der Waals surface area (Å²) in [5.41, 5.74) is 2.16. The Morgan fingerprint density at radius 3 is 2.63 bits per heavy atom. The summed E-state index contributed by atoms with van der Waals surface area (Å²) in [7, 11) is 0. The van der Waals surface area contributed by atoms with Crippen LogP contribution in [0.15, 0.2) is 24.3 Å². The zero-order valence-corrected chi connectivity index (χ0v) is 12.2. The Hall–Kier alpha value is -1.51. The summed E-state index contributed by atoms with van der Waals surface area (Å²) in [6.45, 7) is 6.47. The van der Waals surface area contributed by atoms with Crippen molar-refractivity contribution in [1.29, 1.82) is 0 Å². The molecule has 1 unspecified atom stereocenters. The number of benzene rings is 1. The van der Waals surface area contributed by atoms with Gasteiger partial charge in [-0.1, -0.05) is 44.4 Å². The van der Waals surface area contributed by atoms with E-state index in [1.165, 1.54) is 0 Å². The summed E-state index contributed by atoms with van der Waals surface area (Å²) < 4.78 is 5.15. The number of ether oxygens (including phenoxy) is 1. The lowest BCUT2D eigenvalue weighted by molar-refractivity contribution is -0.144. The van der Waals surface area contributed by atoms with Gasteiger partial charge in [-0.2, -0.15) is 0 Å². The lowest BCUT2D eigenvalue weighted by Gasteiger charge is -2.19. The molecule has 0 aliphatic heterocycles. The minimum absolute atomic E-state index is 0.151. The third kappa shape index (κ3) is 5.33. The number of carbonyl (C=O) groups is 1. The van der Waals surface area contributed by atoms with Gasteiger partial charge in [0.25, 0.3) is 0 Å². The van der Waals surface area contributed by atoms with Crippen molar-refractivity contribution in [3.63, 3.8) is 0 Å². The summed E-state index contributed by atoms with van der Waals surface area (Å²) in [4.78, 5) is 12.0. The zero-order chi connectivity index (χ0) is 14.1. The second kappa shape index (κ2) is 8.57. The Kier molecular flexibility index (Phi) is 7.01. The Labute approximate surface area is 116 Å². The topological polar surface area (TPSA) is 38.3 Å². The van der Waals surface area contributed by atoms with E-state index < -0.39 is 0 Å². The van der Waals surface area contributed by atoms with Crippen LogP contribution in [0.5, 0.6) is 0 Å². The molecule has 0 saturated heterocycles. The number of nitrogens with one attached hydrogen (secondary N) is 1. The van der Waals surface area contributed by atoms with E-state index in [9.17, 15) is 4.79 Å². The molecular formula is C16H25NO2. The summed E-state index contributed by atoms with van der Waals surface area (Å²) in [5, 5.41) is 3.32. The Balaban J connectivity index is 2.67. The molecular weight excluding hydrogens is 238 g/mol. The zero-order valence-electron chi connectivity index (χ0n) is 12.2. The van der Waals surface area contributed by atoms with Gasteiger partial charge in [0.1, 0.15) is 6.04 Å². The molecule has 1 aromatic carbocycles. The molecule has 1 rings (SSSR count). The predicted molar refractivity (Wildman–Crippen MR) is 79.4 cm³/mol. The maximum absolute atomic E-state index is 12.0. The van der Waals surface area contributed by atoms with Gasteiger partial charge < -0.3 is 10.1 Å². The van der Waals surface area contributed by atoms with Crippen LogP contribution in [0.4, 0.5) is 5.69 Å². The van der Waals surface area contributed by atoms with E-state index in [2.05, 4.69) is 12.2 Å². The molecule has 19 heavy (non-hydrogen) atoms. The van der Waals surface area contributed by atoms with E-state index in [4.69, 9.17) is 4.74 Å². The molecule has 3 nitrogen and oxygen atoms in total. The molecule has 0 aromatic heterocycles. The van der Waals surface area contributed by atoms with Crippen molar-refractivity contribution in [3.8, 4) is 0 Å². The number of anilines is 1. The average Bonchev–Trinajstić information content (AvgIpc) is 2.40. The molecule has 0 bridgehead atoms. The van der Waals surface area contributed by atoms with Gasteiger partial charge in [-0.25, -0.2) is 4.79 Å². The Bertz CT molecular complexity index is 390. The number of unbranched alkanes of at least 4 members (excludes halogenated alkanes) is 2. The van der Waals surface area contributed by atoms with Gasteiger partial charge in [-0.15, -0.1) is 0 Å². The fraction of sp³-hybridized carbons (Fsp3) is 0.562. The van der Waals surface area contributed by atoms with Crippen molar-refractivity contribution in [2.24, 2.45) is 0 Å². The smallest absolute Gasteiger partial charge is 0.328 e. The second-order valence-electron chi connectivity index (χ2n) is 4.76. The van der Waals surface area contributed by atoms with Gasteiger partial charge in [-0.3, -0.25) is 0 Å². The number of aryl methyl sites for hydroxylation is 1. The van der Waals surface area contributed by atoms with Crippen LogP contribution < -0.4 is 5.32 Å². The van der Waals surface area contributed by atoms with E-state index >= 15 is 0 Å². The van der Waals surface area contributed by atoms with Crippen LogP contribution in [0.1, 0.15) is 45.1 Å². The molecule has 0 aliphatic carbocycles. The lowest BCUT2D eigenvalue weighted by atomic mass is 10.1. The van der Waals surface area contributed by atoms with E-state index in [0.717, 1.165) is 36.9 Å². The molecule has 1 N–H and O–H groups in total. The maximum Gasteiger partial charge on any atom is 0.328 e. The summed E-state index contributed by atoms with van der Waals surface area (Å²) in [5.74, 6) is -0.151. The first kappa shape index (κ1) is 15.5. The van der Waals surface area contributed by atoms with Crippen molar-refractivity contribution < 1.29 is 9.53 Å². The first-order valence-electron chi connectivity index (χ1n) is 7.17. The number of hydrogen-bond donors (Lipinski definition) is 1. The second-order valence-corrected chi connectivity index (χ2v) is 4.76. The molecule has 1 aromatic rings. The summed E-state index contributed by atoms with van der Waals surface area (Å²) >= 11 is 0. The van der Waals surface area contributed by atoms with E-state index in [0.29, 0.717) is 6.61 Å². The van der Waals surface area contributed by atoms with Crippen molar-refractivity contribution in [1.82, 2.24) is 0 Å². The summed E-state index contributed by atoms with van der Waals surface area (Å²) in [6, 6.07) is 7.77. The fourth-order valence-corrected chi connectivity index (χ4v) is 2.01. The normalized spacial score (nSPS) is 11.9. The molecule has 0 radical (unpaired) electrons. The minimum Gasteiger partial charge on any atom is -0.464 e. The Morgan fingerprint density at radius 1 is 1.26 bits per heavy atom. The van der Waals surface area contributed by atoms with Crippen LogP contribution >= 0.6 is 0 Å². The molecule has 0 spiro atoms. The third-order valence-corrected chi connectivity index (χ3v) is 3.14. The Morgan fingerprint density at radius 2 is 2.00 bits per heavy atom. The van der Waals surface area contributed by atoms with E-state index in [-0.39, 0.29) is 12.0 Å². The quantitative estimate of drug-likeness (QED) is 0.570. The molecule has 0 saturated carbocycles. The van der Waals surface area contributed by atoms with Gasteiger partial charge in [0.05, 0.1) is 6.61 Å². The highest BCUT2D eigenvalue weighted by Gasteiger charge is 2.19. The van der Waals surface area contributed by atoms with E-state index in [1.807, 2.05) is 38.1 Å². The van der Waals surface area contributed by atoms with Crippen LogP contribution in [0, 0.1) is 6.92 Å². The van der Waals surface area contributed by atoms with Crippen molar-refractivity contribution in [2.75, 3.05) is 11.9 Å². The monoisotopic (exact) mass is 263 g/mol.